The fourth-order valence-corrected chi connectivity index (χ4v) is 10.4. The number of nitrogens with zero attached hydrogens (tertiary/aromatic N) is 3. The normalized spacial score (nSPS) is 22.1. The molecule has 0 amide bonds. The van der Waals surface area contributed by atoms with Crippen LogP contribution >= 0.6 is 0 Å². The smallest absolute Gasteiger partial charge is 0.234 e. The Balaban J connectivity index is 1.26. The molecule has 1 N–H and O–H groups in total. The minimum absolute atomic E-state index is 0.225. The van der Waals surface area contributed by atoms with Gasteiger partial charge in [-0.2, -0.15) is 4.99 Å². The summed E-state index contributed by atoms with van der Waals surface area (Å²) in [6, 6.07) is 46.6. The van der Waals surface area contributed by atoms with Crippen LogP contribution in [0.5, 0.6) is 0 Å². The van der Waals surface area contributed by atoms with Crippen molar-refractivity contribution in [1.29, 1.82) is 0 Å². The fourth-order valence-electron chi connectivity index (χ4n) is 10.4. The van der Waals surface area contributed by atoms with Crippen LogP contribution < -0.4 is 5.32 Å². The van der Waals surface area contributed by atoms with Gasteiger partial charge in [-0.05, 0) is 131 Å². The molecule has 4 nitrogen and oxygen atoms in total. The van der Waals surface area contributed by atoms with E-state index in [0.717, 1.165) is 49.5 Å². The van der Waals surface area contributed by atoms with Gasteiger partial charge >= 0.3 is 0 Å². The molecule has 1 saturated carbocycles. The number of allylic oxidation sites excluding steroid dienone is 6. The average molecular weight is 771 g/mol. The van der Waals surface area contributed by atoms with Crippen LogP contribution in [0.3, 0.4) is 0 Å². The largest absolute Gasteiger partial charge is 0.348 e. The number of fused-ring (bicyclic) bond motifs is 3. The van der Waals surface area contributed by atoms with Gasteiger partial charge in [-0.1, -0.05) is 160 Å². The second-order valence-corrected chi connectivity index (χ2v) is 17.4. The molecule has 0 saturated heterocycles. The van der Waals surface area contributed by atoms with Gasteiger partial charge in [0.25, 0.3) is 0 Å². The third kappa shape index (κ3) is 7.13. The molecule has 0 radical (unpaired) electrons. The molecular formula is C55H54N4. The van der Waals surface area contributed by atoms with Crippen LogP contribution in [0, 0.1) is 30.6 Å². The Morgan fingerprint density at radius 3 is 2.17 bits per heavy atom. The lowest BCUT2D eigenvalue weighted by atomic mass is 9.73. The van der Waals surface area contributed by atoms with Crippen LogP contribution in [-0.2, 0) is 6.42 Å². The minimum Gasteiger partial charge on any atom is -0.348 e. The summed E-state index contributed by atoms with van der Waals surface area (Å²) < 4.78 is 2.49. The summed E-state index contributed by atoms with van der Waals surface area (Å²) >= 11 is 0. The average Bonchev–Trinajstić information content (AvgIpc) is 3.63. The number of hydrogen-bond acceptors (Lipinski definition) is 3. The van der Waals surface area contributed by atoms with Gasteiger partial charge < -0.3 is 5.32 Å². The zero-order chi connectivity index (χ0) is 39.9. The van der Waals surface area contributed by atoms with Crippen molar-refractivity contribution < 1.29 is 0 Å². The maximum absolute atomic E-state index is 5.64. The third-order valence-corrected chi connectivity index (χ3v) is 13.6. The SMILES string of the molecule is Cc1ccc(-c2ccccc2)cc1C1=C(C(C)C2C=CC=CC2)c2c(c3cc(-c4ccccc4)ccc3n2C2=NC(c3ccccc3)NC(C3CCCC(C)C3)=N2)CC1. The van der Waals surface area contributed by atoms with Crippen LogP contribution in [0.1, 0.15) is 86.5 Å². The number of aromatic nitrogens is 1. The first kappa shape index (κ1) is 37.3. The van der Waals surface area contributed by atoms with Crippen molar-refractivity contribution in [3.8, 4) is 22.3 Å². The quantitative estimate of drug-likeness (QED) is 0.173. The van der Waals surface area contributed by atoms with E-state index in [1.165, 1.54) is 79.5 Å². The van der Waals surface area contributed by atoms with Crippen LogP contribution in [0.25, 0.3) is 44.3 Å². The molecule has 59 heavy (non-hydrogen) atoms. The number of rotatable bonds is 7. The first-order valence-corrected chi connectivity index (χ1v) is 21.9. The van der Waals surface area contributed by atoms with E-state index < -0.39 is 0 Å². The molecule has 3 aliphatic carbocycles. The molecule has 2 heterocycles. The Kier molecular flexibility index (Phi) is 10.1. The Bertz CT molecular complexity index is 2660. The van der Waals surface area contributed by atoms with Crippen LogP contribution in [0.4, 0.5) is 0 Å². The van der Waals surface area contributed by atoms with Crippen molar-refractivity contribution in [3.63, 3.8) is 0 Å². The highest BCUT2D eigenvalue weighted by atomic mass is 15.3. The molecule has 4 aliphatic rings. The highest BCUT2D eigenvalue weighted by Crippen LogP contribution is 2.49. The van der Waals surface area contributed by atoms with Crippen molar-refractivity contribution in [1.82, 2.24) is 9.88 Å². The van der Waals surface area contributed by atoms with Gasteiger partial charge in [-0.15, -0.1) is 0 Å². The maximum atomic E-state index is 5.64. The van der Waals surface area contributed by atoms with Crippen molar-refractivity contribution >= 4 is 33.8 Å². The second kappa shape index (κ2) is 16.0. The Hall–Kier alpha value is -6.00. The molecule has 294 valence electrons. The summed E-state index contributed by atoms with van der Waals surface area (Å²) in [5.41, 5.74) is 15.6. The summed E-state index contributed by atoms with van der Waals surface area (Å²) in [6.45, 7) is 7.17. The zero-order valence-corrected chi connectivity index (χ0v) is 34.6. The molecule has 1 fully saturated rings. The van der Waals surface area contributed by atoms with E-state index in [0.29, 0.717) is 17.8 Å². The number of benzene rings is 5. The van der Waals surface area contributed by atoms with Gasteiger partial charge in [-0.25, -0.2) is 4.99 Å². The molecule has 1 aliphatic heterocycles. The van der Waals surface area contributed by atoms with Crippen molar-refractivity contribution in [2.45, 2.75) is 71.9 Å². The zero-order valence-electron chi connectivity index (χ0n) is 34.6. The van der Waals surface area contributed by atoms with Crippen LogP contribution in [-0.4, -0.2) is 16.4 Å². The highest BCUT2D eigenvalue weighted by molar-refractivity contribution is 6.10. The molecule has 6 aromatic rings. The lowest BCUT2D eigenvalue weighted by molar-refractivity contribution is 0.333. The molecule has 1 aromatic heterocycles. The Morgan fingerprint density at radius 2 is 1.46 bits per heavy atom. The Morgan fingerprint density at radius 1 is 0.746 bits per heavy atom. The van der Waals surface area contributed by atoms with E-state index in [1.807, 2.05) is 0 Å². The number of nitrogens with one attached hydrogen (secondary N) is 1. The molecule has 0 spiro atoms. The van der Waals surface area contributed by atoms with Gasteiger partial charge in [0.15, 0.2) is 0 Å². The molecule has 4 heteroatoms. The fraction of sp³-hybridized carbons (Fsp3) is 0.273. The van der Waals surface area contributed by atoms with Crippen molar-refractivity contribution in [2.75, 3.05) is 0 Å². The number of aryl methyl sites for hydroxylation is 2. The van der Waals surface area contributed by atoms with E-state index >= 15 is 0 Å². The third-order valence-electron chi connectivity index (χ3n) is 13.6. The summed E-state index contributed by atoms with van der Waals surface area (Å²) in [5.74, 6) is 3.56. The predicted octanol–water partition coefficient (Wildman–Crippen LogP) is 13.6. The monoisotopic (exact) mass is 770 g/mol. The summed E-state index contributed by atoms with van der Waals surface area (Å²) in [5, 5.41) is 5.19. The second-order valence-electron chi connectivity index (χ2n) is 17.4. The number of amidine groups is 1. The minimum atomic E-state index is -0.225. The topological polar surface area (TPSA) is 41.7 Å². The summed E-state index contributed by atoms with van der Waals surface area (Å²) in [6.07, 6.45) is 16.8. The van der Waals surface area contributed by atoms with E-state index in [2.05, 4.69) is 182 Å². The standard InChI is InChI=1S/C55H54N4/c1-36-17-16-26-45(33-36)54-56-53(42-24-14-7-15-25-42)57-55(58-54)59-50-32-29-44(41-22-12-6-13-23-41)35-49(50)47-31-30-46(51(52(47)59)38(3)39-18-8-4-9-19-39)48-34-43(28-27-37(48)2)40-20-10-5-11-21-40/h4-15,18,20-25,27-29,32,34-36,38-39,45,53H,16-17,19,26,30-31,33H2,1-3H3,(H,56,57,58). The number of hydrogen-bond donors (Lipinski definition) is 1. The predicted molar refractivity (Wildman–Crippen MR) is 248 cm³/mol. The summed E-state index contributed by atoms with van der Waals surface area (Å²) in [7, 11) is 0. The van der Waals surface area contributed by atoms with E-state index in [4.69, 9.17) is 9.98 Å². The van der Waals surface area contributed by atoms with Crippen LogP contribution in [0.2, 0.25) is 0 Å². The van der Waals surface area contributed by atoms with E-state index in [1.54, 1.807) is 0 Å². The van der Waals surface area contributed by atoms with Crippen molar-refractivity contribution in [2.24, 2.45) is 33.7 Å². The summed E-state index contributed by atoms with van der Waals surface area (Å²) in [4.78, 5) is 11.2. The van der Waals surface area contributed by atoms with Gasteiger partial charge in [-0.3, -0.25) is 4.57 Å². The van der Waals surface area contributed by atoms with Gasteiger partial charge in [0.1, 0.15) is 12.0 Å². The van der Waals surface area contributed by atoms with Crippen molar-refractivity contribution in [3.05, 3.63) is 180 Å². The molecule has 5 unspecified atom stereocenters. The van der Waals surface area contributed by atoms with E-state index in [9.17, 15) is 0 Å². The maximum Gasteiger partial charge on any atom is 0.234 e. The lowest BCUT2D eigenvalue weighted by Crippen LogP contribution is -2.40. The Labute approximate surface area is 349 Å². The first-order valence-electron chi connectivity index (χ1n) is 21.9. The first-order chi connectivity index (χ1) is 29.0. The molecule has 5 atom stereocenters. The number of aliphatic imine (C=N–C) groups is 2. The van der Waals surface area contributed by atoms with Gasteiger partial charge in [0.05, 0.1) is 11.2 Å². The molecule has 5 aromatic carbocycles. The van der Waals surface area contributed by atoms with E-state index in [-0.39, 0.29) is 12.1 Å². The molecular weight excluding hydrogens is 717 g/mol. The highest BCUT2D eigenvalue weighted by Gasteiger charge is 2.36. The lowest BCUT2D eigenvalue weighted by Gasteiger charge is -2.34. The molecule has 0 bridgehead atoms. The van der Waals surface area contributed by atoms with Gasteiger partial charge in [0, 0.05) is 11.3 Å². The van der Waals surface area contributed by atoms with Gasteiger partial charge in [0.2, 0.25) is 5.96 Å². The van der Waals surface area contributed by atoms with Crippen LogP contribution in [0.15, 0.2) is 162 Å². The molecule has 10 rings (SSSR count).